The molecule has 4 rings (SSSR count). The maximum Gasteiger partial charge on any atom is 0.168 e. The molecule has 3 N–H and O–H groups in total. The summed E-state index contributed by atoms with van der Waals surface area (Å²) in [5.74, 6) is -1.03. The Kier molecular flexibility index (Phi) is 9.42. The van der Waals surface area contributed by atoms with E-state index >= 15 is 4.39 Å². The minimum atomic E-state index is -0.711. The van der Waals surface area contributed by atoms with Crippen LogP contribution in [-0.2, 0) is 11.2 Å². The molecule has 3 atom stereocenters. The van der Waals surface area contributed by atoms with Crippen molar-refractivity contribution in [3.05, 3.63) is 65.6 Å². The molecule has 1 saturated heterocycles. The van der Waals surface area contributed by atoms with Crippen molar-refractivity contribution in [1.82, 2.24) is 9.97 Å². The molecular formula is C29H35F2N5O3. The van der Waals surface area contributed by atoms with Gasteiger partial charge in [-0.15, -0.1) is 0 Å². The van der Waals surface area contributed by atoms with Crippen LogP contribution < -0.4 is 20.7 Å². The Balaban J connectivity index is 1.74. The highest BCUT2D eigenvalue weighted by Gasteiger charge is 2.29. The van der Waals surface area contributed by atoms with E-state index in [1.165, 1.54) is 12.1 Å². The Bertz CT molecular complexity index is 1290. The fraction of sp³-hybridized carbons (Fsp3) is 0.414. The van der Waals surface area contributed by atoms with Crippen molar-refractivity contribution in [1.29, 1.82) is 0 Å². The van der Waals surface area contributed by atoms with Gasteiger partial charge in [-0.05, 0) is 55.0 Å². The first kappa shape index (κ1) is 28.4. The lowest BCUT2D eigenvalue weighted by Crippen LogP contribution is -2.47. The third-order valence-corrected chi connectivity index (χ3v) is 6.97. The Morgan fingerprint density at radius 1 is 1.23 bits per heavy atom. The zero-order chi connectivity index (χ0) is 27.9. The van der Waals surface area contributed by atoms with Crippen LogP contribution in [0.2, 0.25) is 0 Å². The van der Waals surface area contributed by atoms with Crippen molar-refractivity contribution in [2.45, 2.75) is 38.3 Å². The highest BCUT2D eigenvalue weighted by Crippen LogP contribution is 2.36. The van der Waals surface area contributed by atoms with Crippen molar-refractivity contribution in [3.8, 4) is 17.0 Å². The predicted molar refractivity (Wildman–Crippen MR) is 147 cm³/mol. The number of benzene rings is 1. The second-order valence-electron chi connectivity index (χ2n) is 9.84. The molecule has 0 saturated carbocycles. The molecular weight excluding hydrogens is 504 g/mol. The van der Waals surface area contributed by atoms with Crippen LogP contribution in [0.4, 0.5) is 20.2 Å². The zero-order valence-electron chi connectivity index (χ0n) is 22.5. The van der Waals surface area contributed by atoms with E-state index in [2.05, 4.69) is 20.2 Å². The highest BCUT2D eigenvalue weighted by atomic mass is 19.1. The number of nitrogens with zero attached hydrogens (tertiary/aromatic N) is 3. The fourth-order valence-electron chi connectivity index (χ4n) is 5.20. The molecule has 3 unspecified atom stereocenters. The smallest absolute Gasteiger partial charge is 0.168 e. The minimum Gasteiger partial charge on any atom is -0.488 e. The number of ether oxygens (including phenoxy) is 2. The van der Waals surface area contributed by atoms with E-state index in [0.29, 0.717) is 56.6 Å². The number of nitrogens with two attached hydrogens (primary N) is 1. The molecule has 0 radical (unpaired) electrons. The van der Waals surface area contributed by atoms with E-state index in [1.54, 1.807) is 25.6 Å². The summed E-state index contributed by atoms with van der Waals surface area (Å²) in [7, 11) is 3.42. The van der Waals surface area contributed by atoms with Gasteiger partial charge in [0, 0.05) is 51.1 Å². The van der Waals surface area contributed by atoms with Crippen LogP contribution in [-0.4, -0.2) is 62.3 Å². The van der Waals surface area contributed by atoms with Gasteiger partial charge in [0.25, 0.3) is 0 Å². The van der Waals surface area contributed by atoms with E-state index in [-0.39, 0.29) is 35.0 Å². The summed E-state index contributed by atoms with van der Waals surface area (Å²) in [5.41, 5.74) is 8.72. The largest absolute Gasteiger partial charge is 0.488 e. The summed E-state index contributed by atoms with van der Waals surface area (Å²) in [6.07, 6.45) is 5.51. The first-order chi connectivity index (χ1) is 18.9. The lowest BCUT2D eigenvalue weighted by molar-refractivity contribution is 0.0785. The lowest BCUT2D eigenvalue weighted by atomic mass is 9.86. The predicted octanol–water partition coefficient (Wildman–Crippen LogP) is 4.48. The average molecular weight is 540 g/mol. The summed E-state index contributed by atoms with van der Waals surface area (Å²) in [6, 6.07) is 7.19. The number of pyridine rings is 2. The van der Waals surface area contributed by atoms with Crippen molar-refractivity contribution >= 4 is 17.7 Å². The number of carbonyl (C=O) groups excluding carboxylic acids is 1. The second-order valence-corrected chi connectivity index (χ2v) is 9.84. The monoisotopic (exact) mass is 539 g/mol. The number of nitrogens with one attached hydrogen (secondary N) is 1. The van der Waals surface area contributed by atoms with Crippen LogP contribution in [0.15, 0.2) is 42.7 Å². The van der Waals surface area contributed by atoms with E-state index in [0.717, 1.165) is 17.4 Å². The molecule has 1 aromatic carbocycles. The van der Waals surface area contributed by atoms with Gasteiger partial charge in [-0.1, -0.05) is 6.92 Å². The Morgan fingerprint density at radius 3 is 2.77 bits per heavy atom. The van der Waals surface area contributed by atoms with Gasteiger partial charge in [-0.2, -0.15) is 0 Å². The molecule has 0 spiro atoms. The number of anilines is 2. The number of aromatic nitrogens is 2. The van der Waals surface area contributed by atoms with Crippen LogP contribution in [0.5, 0.6) is 5.75 Å². The number of piperidine rings is 1. The van der Waals surface area contributed by atoms with Crippen molar-refractivity contribution in [2.75, 3.05) is 44.1 Å². The summed E-state index contributed by atoms with van der Waals surface area (Å²) in [6.45, 7) is 3.62. The molecule has 3 heterocycles. The number of aldehydes is 1. The van der Waals surface area contributed by atoms with Crippen molar-refractivity contribution < 1.29 is 23.0 Å². The van der Waals surface area contributed by atoms with E-state index < -0.39 is 11.6 Å². The quantitative estimate of drug-likeness (QED) is 0.344. The molecule has 1 aliphatic rings. The van der Waals surface area contributed by atoms with Crippen molar-refractivity contribution in [2.24, 2.45) is 11.7 Å². The molecule has 1 aliphatic heterocycles. The normalized spacial score (nSPS) is 18.1. The number of rotatable bonds is 11. The highest BCUT2D eigenvalue weighted by molar-refractivity contribution is 5.75. The standard InChI is InChI=1S/C29H35F2N5O3/c1-4-22(17-38-3)39-23-11-19(28(25(31)12-23)29-24(30)6-5-21(16-37)35-29)9-18-10-20(32)15-36(14-18)27-7-8-34-13-26(27)33-2/h5-8,11-13,16,18,20,22,33H,4,9-10,14-15,17,32H2,1-3H3. The van der Waals surface area contributed by atoms with E-state index in [1.807, 2.05) is 20.0 Å². The summed E-state index contributed by atoms with van der Waals surface area (Å²) < 4.78 is 42.0. The molecule has 39 heavy (non-hydrogen) atoms. The first-order valence-corrected chi connectivity index (χ1v) is 13.1. The number of halogens is 2. The van der Waals surface area contributed by atoms with Crippen LogP contribution >= 0.6 is 0 Å². The molecule has 208 valence electrons. The molecule has 1 fully saturated rings. The van der Waals surface area contributed by atoms with Gasteiger partial charge in [-0.25, -0.2) is 13.8 Å². The van der Waals surface area contributed by atoms with Crippen LogP contribution in [0.1, 0.15) is 35.8 Å². The van der Waals surface area contributed by atoms with Crippen LogP contribution in [0, 0.1) is 17.6 Å². The lowest BCUT2D eigenvalue weighted by Gasteiger charge is -2.39. The van der Waals surface area contributed by atoms with Crippen LogP contribution in [0.25, 0.3) is 11.3 Å². The summed E-state index contributed by atoms with van der Waals surface area (Å²) in [4.78, 5) is 21.9. The van der Waals surface area contributed by atoms with E-state index in [4.69, 9.17) is 15.2 Å². The molecule has 10 heteroatoms. The Morgan fingerprint density at radius 2 is 2.05 bits per heavy atom. The zero-order valence-corrected chi connectivity index (χ0v) is 22.5. The SMILES string of the molecule is CCC(COC)Oc1cc(F)c(-c2nc(C=O)ccc2F)c(CC2CC(N)CN(c3ccncc3NC)C2)c1. The minimum absolute atomic E-state index is 0.0198. The third-order valence-electron chi connectivity index (χ3n) is 6.97. The van der Waals surface area contributed by atoms with Crippen LogP contribution in [0.3, 0.4) is 0 Å². The Hall–Kier alpha value is -3.63. The topological polar surface area (TPSA) is 103 Å². The molecule has 2 aromatic heterocycles. The summed E-state index contributed by atoms with van der Waals surface area (Å²) >= 11 is 0. The van der Waals surface area contributed by atoms with Gasteiger partial charge >= 0.3 is 0 Å². The molecule has 0 bridgehead atoms. The molecule has 3 aromatic rings. The third kappa shape index (κ3) is 6.69. The summed E-state index contributed by atoms with van der Waals surface area (Å²) in [5, 5.41) is 3.17. The molecule has 0 aliphatic carbocycles. The number of carbonyl (C=O) groups is 1. The molecule has 8 nitrogen and oxygen atoms in total. The first-order valence-electron chi connectivity index (χ1n) is 13.1. The van der Waals surface area contributed by atoms with Gasteiger partial charge in [0.1, 0.15) is 34.9 Å². The number of hydrogen-bond acceptors (Lipinski definition) is 8. The maximum atomic E-state index is 15.8. The van der Waals surface area contributed by atoms with Gasteiger partial charge in [0.05, 0.1) is 24.2 Å². The fourth-order valence-corrected chi connectivity index (χ4v) is 5.20. The number of methoxy groups -OCH3 is 1. The van der Waals surface area contributed by atoms with Gasteiger partial charge in [-0.3, -0.25) is 9.78 Å². The Labute approximate surface area is 227 Å². The van der Waals surface area contributed by atoms with Gasteiger partial charge in [0.15, 0.2) is 6.29 Å². The van der Waals surface area contributed by atoms with Gasteiger partial charge < -0.3 is 25.4 Å². The van der Waals surface area contributed by atoms with Crippen molar-refractivity contribution in [3.63, 3.8) is 0 Å². The number of hydrogen-bond donors (Lipinski definition) is 2. The second kappa shape index (κ2) is 12.9. The molecule has 0 amide bonds. The maximum absolute atomic E-state index is 15.8. The van der Waals surface area contributed by atoms with Gasteiger partial charge in [0.2, 0.25) is 0 Å². The average Bonchev–Trinajstić information content (AvgIpc) is 2.93. The van der Waals surface area contributed by atoms with E-state index in [9.17, 15) is 9.18 Å².